The first kappa shape index (κ1) is 17.0. The Hall–Kier alpha value is -1.35. The Kier molecular flexibility index (Phi) is 6.01. The Bertz CT molecular complexity index is 523. The van der Waals surface area contributed by atoms with Gasteiger partial charge in [-0.2, -0.15) is 5.26 Å². The molecule has 0 radical (unpaired) electrons. The number of nitrogens with one attached hydrogen (secondary N) is 1. The highest BCUT2D eigenvalue weighted by Gasteiger charge is 2.18. The Morgan fingerprint density at radius 1 is 1.45 bits per heavy atom. The molecule has 1 aliphatic rings. The largest absolute Gasteiger partial charge is 0.390 e. The van der Waals surface area contributed by atoms with Crippen molar-refractivity contribution < 1.29 is 5.11 Å². The van der Waals surface area contributed by atoms with Gasteiger partial charge in [0.05, 0.1) is 6.10 Å². The molecule has 2 heterocycles. The van der Waals surface area contributed by atoms with Crippen LogP contribution in [-0.2, 0) is 13.6 Å². The van der Waals surface area contributed by atoms with Gasteiger partial charge in [0.1, 0.15) is 11.8 Å². The van der Waals surface area contributed by atoms with Gasteiger partial charge in [0.25, 0.3) is 0 Å². The predicted molar refractivity (Wildman–Crippen MR) is 87.4 cm³/mol. The third-order valence-electron chi connectivity index (χ3n) is 4.80. The number of rotatable bonds is 6. The molecule has 5 heteroatoms. The van der Waals surface area contributed by atoms with Crippen molar-refractivity contribution in [2.75, 3.05) is 26.2 Å². The standard InChI is InChI=1S/C17H28N4O/c1-13-4-6-21(7-5-13)12-17(22)11-19-10-15-8-16(9-18)20(3)14(15)2/h8,13,17,19,22H,4-7,10-12H2,1-3H3. The zero-order chi connectivity index (χ0) is 16.1. The summed E-state index contributed by atoms with van der Waals surface area (Å²) in [5.74, 6) is 0.821. The summed E-state index contributed by atoms with van der Waals surface area (Å²) < 4.78 is 1.91. The van der Waals surface area contributed by atoms with Gasteiger partial charge in [-0.15, -0.1) is 0 Å². The Morgan fingerprint density at radius 3 is 2.73 bits per heavy atom. The molecule has 1 aromatic heterocycles. The second-order valence-electron chi connectivity index (χ2n) is 6.58. The van der Waals surface area contributed by atoms with Crippen molar-refractivity contribution in [2.45, 2.75) is 39.3 Å². The number of nitrogens with zero attached hydrogens (tertiary/aromatic N) is 3. The summed E-state index contributed by atoms with van der Waals surface area (Å²) in [6, 6.07) is 4.11. The first-order valence-electron chi connectivity index (χ1n) is 8.17. The van der Waals surface area contributed by atoms with Crippen LogP contribution in [0.3, 0.4) is 0 Å². The van der Waals surface area contributed by atoms with E-state index in [2.05, 4.69) is 23.2 Å². The molecule has 22 heavy (non-hydrogen) atoms. The number of aliphatic hydroxyl groups is 1. The number of likely N-dealkylation sites (tertiary alicyclic amines) is 1. The van der Waals surface area contributed by atoms with E-state index in [1.807, 2.05) is 24.6 Å². The first-order chi connectivity index (χ1) is 10.5. The SMILES string of the molecule is Cc1c(CNCC(O)CN2CCC(C)CC2)cc(C#N)n1C. The third-order valence-corrected chi connectivity index (χ3v) is 4.80. The van der Waals surface area contributed by atoms with Crippen LogP contribution in [0.25, 0.3) is 0 Å². The predicted octanol–water partition coefficient (Wildman–Crippen LogP) is 1.39. The van der Waals surface area contributed by atoms with Gasteiger partial charge in [-0.25, -0.2) is 0 Å². The highest BCUT2D eigenvalue weighted by molar-refractivity contribution is 5.34. The maximum absolute atomic E-state index is 10.2. The zero-order valence-electron chi connectivity index (χ0n) is 14.0. The molecular weight excluding hydrogens is 276 g/mol. The monoisotopic (exact) mass is 304 g/mol. The van der Waals surface area contributed by atoms with E-state index in [1.165, 1.54) is 12.8 Å². The van der Waals surface area contributed by atoms with E-state index in [0.29, 0.717) is 18.8 Å². The average Bonchev–Trinajstić information content (AvgIpc) is 2.77. The molecule has 1 aromatic rings. The maximum atomic E-state index is 10.2. The summed E-state index contributed by atoms with van der Waals surface area (Å²) in [6.45, 7) is 8.54. The molecule has 0 bridgehead atoms. The van der Waals surface area contributed by atoms with Gasteiger partial charge < -0.3 is 19.9 Å². The zero-order valence-corrected chi connectivity index (χ0v) is 14.0. The minimum absolute atomic E-state index is 0.340. The van der Waals surface area contributed by atoms with E-state index in [4.69, 9.17) is 5.26 Å². The molecule has 1 saturated heterocycles. The highest BCUT2D eigenvalue weighted by atomic mass is 16.3. The van der Waals surface area contributed by atoms with Crippen LogP contribution in [0, 0.1) is 24.2 Å². The molecule has 1 aliphatic heterocycles. The minimum Gasteiger partial charge on any atom is -0.390 e. The summed E-state index contributed by atoms with van der Waals surface area (Å²) in [5, 5.41) is 22.5. The van der Waals surface area contributed by atoms with Crippen LogP contribution < -0.4 is 5.32 Å². The summed E-state index contributed by atoms with van der Waals surface area (Å²) >= 11 is 0. The van der Waals surface area contributed by atoms with Crippen LogP contribution in [0.4, 0.5) is 0 Å². The Balaban J connectivity index is 1.73. The lowest BCUT2D eigenvalue weighted by Gasteiger charge is -2.31. The van der Waals surface area contributed by atoms with Crippen molar-refractivity contribution in [1.82, 2.24) is 14.8 Å². The van der Waals surface area contributed by atoms with Gasteiger partial charge >= 0.3 is 0 Å². The quantitative estimate of drug-likeness (QED) is 0.833. The van der Waals surface area contributed by atoms with Crippen molar-refractivity contribution in [2.24, 2.45) is 13.0 Å². The van der Waals surface area contributed by atoms with Crippen molar-refractivity contribution in [3.8, 4) is 6.07 Å². The van der Waals surface area contributed by atoms with Gasteiger partial charge in [0.2, 0.25) is 0 Å². The van der Waals surface area contributed by atoms with Gasteiger partial charge in [-0.3, -0.25) is 0 Å². The summed E-state index contributed by atoms with van der Waals surface area (Å²) in [7, 11) is 1.91. The van der Waals surface area contributed by atoms with Gasteiger partial charge in [0, 0.05) is 32.4 Å². The number of β-amino-alcohol motifs (C(OH)–C–C–N with tert-alkyl or cyclic N) is 1. The average molecular weight is 304 g/mol. The minimum atomic E-state index is -0.340. The second-order valence-corrected chi connectivity index (χ2v) is 6.58. The normalized spacial score (nSPS) is 18.3. The molecule has 122 valence electrons. The van der Waals surface area contributed by atoms with Crippen LogP contribution in [0.1, 0.15) is 36.7 Å². The fourth-order valence-electron chi connectivity index (χ4n) is 3.03. The Labute approximate surface area is 133 Å². The van der Waals surface area contributed by atoms with Crippen LogP contribution in [-0.4, -0.2) is 46.9 Å². The fraction of sp³-hybridized carbons (Fsp3) is 0.706. The topological polar surface area (TPSA) is 64.2 Å². The number of hydrogen-bond donors (Lipinski definition) is 2. The molecule has 2 N–H and O–H groups in total. The molecule has 0 aromatic carbocycles. The number of aliphatic hydroxyl groups excluding tert-OH is 1. The van der Waals surface area contributed by atoms with Gasteiger partial charge in [-0.05, 0) is 50.4 Å². The molecule has 2 rings (SSSR count). The number of nitriles is 1. The lowest BCUT2D eigenvalue weighted by atomic mass is 9.99. The van der Waals surface area contributed by atoms with E-state index in [-0.39, 0.29) is 6.10 Å². The molecule has 1 unspecified atom stereocenters. The number of aromatic nitrogens is 1. The van der Waals surface area contributed by atoms with Crippen molar-refractivity contribution in [3.05, 3.63) is 23.0 Å². The molecule has 0 saturated carbocycles. The van der Waals surface area contributed by atoms with Crippen molar-refractivity contribution >= 4 is 0 Å². The molecule has 1 fully saturated rings. The van der Waals surface area contributed by atoms with Crippen molar-refractivity contribution in [1.29, 1.82) is 5.26 Å². The Morgan fingerprint density at radius 2 is 2.14 bits per heavy atom. The van der Waals surface area contributed by atoms with E-state index in [1.54, 1.807) is 0 Å². The number of hydrogen-bond acceptors (Lipinski definition) is 4. The molecule has 1 atom stereocenters. The van der Waals surface area contributed by atoms with Crippen LogP contribution >= 0.6 is 0 Å². The van der Waals surface area contributed by atoms with E-state index in [9.17, 15) is 5.11 Å². The lowest BCUT2D eigenvalue weighted by molar-refractivity contribution is 0.0906. The van der Waals surface area contributed by atoms with Crippen LogP contribution in [0.2, 0.25) is 0 Å². The first-order valence-corrected chi connectivity index (χ1v) is 8.17. The van der Waals surface area contributed by atoms with E-state index < -0.39 is 0 Å². The summed E-state index contributed by atoms with van der Waals surface area (Å²) in [5.41, 5.74) is 2.90. The molecule has 0 spiro atoms. The molecule has 0 aliphatic carbocycles. The second kappa shape index (κ2) is 7.77. The highest BCUT2D eigenvalue weighted by Crippen LogP contribution is 2.16. The van der Waals surface area contributed by atoms with Gasteiger partial charge in [-0.1, -0.05) is 6.92 Å². The van der Waals surface area contributed by atoms with Crippen LogP contribution in [0.15, 0.2) is 6.07 Å². The summed E-state index contributed by atoms with van der Waals surface area (Å²) in [6.07, 6.45) is 2.13. The molecule has 0 amide bonds. The maximum Gasteiger partial charge on any atom is 0.120 e. The van der Waals surface area contributed by atoms with E-state index >= 15 is 0 Å². The van der Waals surface area contributed by atoms with Gasteiger partial charge in [0.15, 0.2) is 0 Å². The molecule has 5 nitrogen and oxygen atoms in total. The fourth-order valence-corrected chi connectivity index (χ4v) is 3.03. The lowest BCUT2D eigenvalue weighted by Crippen LogP contribution is -2.41. The van der Waals surface area contributed by atoms with Crippen molar-refractivity contribution in [3.63, 3.8) is 0 Å². The van der Waals surface area contributed by atoms with E-state index in [0.717, 1.165) is 36.8 Å². The third kappa shape index (κ3) is 4.33. The molecular formula is C17H28N4O. The van der Waals surface area contributed by atoms with Crippen LogP contribution in [0.5, 0.6) is 0 Å². The summed E-state index contributed by atoms with van der Waals surface area (Å²) in [4.78, 5) is 2.36. The number of piperidine rings is 1. The smallest absolute Gasteiger partial charge is 0.120 e.